The number of allylic oxidation sites excluding steroid dienone is 1. The van der Waals surface area contributed by atoms with E-state index in [0.717, 1.165) is 18.5 Å². The molecule has 0 atom stereocenters. The van der Waals surface area contributed by atoms with Crippen molar-refractivity contribution in [2.24, 2.45) is 0 Å². The molecule has 0 heterocycles. The number of nitrogens with one attached hydrogen (secondary N) is 1. The number of hydrogen-bond donors (Lipinski definition) is 1. The van der Waals surface area contributed by atoms with Gasteiger partial charge >= 0.3 is 0 Å². The molecule has 1 aromatic rings. The first-order chi connectivity index (χ1) is 6.84. The zero-order valence-electron chi connectivity index (χ0n) is 8.36. The van der Waals surface area contributed by atoms with Gasteiger partial charge in [-0.1, -0.05) is 37.3 Å². The first-order valence-corrected chi connectivity index (χ1v) is 4.84. The number of rotatable bonds is 5. The summed E-state index contributed by atoms with van der Waals surface area (Å²) in [6, 6.07) is 9.25. The fourth-order valence-corrected chi connectivity index (χ4v) is 1.06. The van der Waals surface area contributed by atoms with E-state index in [1.165, 1.54) is 0 Å². The van der Waals surface area contributed by atoms with Crippen molar-refractivity contribution in [2.45, 2.75) is 13.3 Å². The highest BCUT2D eigenvalue weighted by Gasteiger charge is 1.97. The van der Waals surface area contributed by atoms with E-state index in [1.54, 1.807) is 12.3 Å². The molecule has 0 saturated carbocycles. The molecule has 0 aliphatic carbocycles. The highest BCUT2D eigenvalue weighted by atomic mass is 16.1. The van der Waals surface area contributed by atoms with Crippen molar-refractivity contribution in [2.75, 3.05) is 6.54 Å². The van der Waals surface area contributed by atoms with Crippen molar-refractivity contribution >= 4 is 5.78 Å². The highest BCUT2D eigenvalue weighted by Crippen LogP contribution is 1.99. The van der Waals surface area contributed by atoms with E-state index in [2.05, 4.69) is 12.2 Å². The van der Waals surface area contributed by atoms with E-state index in [4.69, 9.17) is 0 Å². The average Bonchev–Trinajstić information content (AvgIpc) is 2.25. The molecule has 0 saturated heterocycles. The van der Waals surface area contributed by atoms with Crippen molar-refractivity contribution in [3.05, 3.63) is 48.2 Å². The summed E-state index contributed by atoms with van der Waals surface area (Å²) >= 11 is 0. The van der Waals surface area contributed by atoms with Gasteiger partial charge in [-0.15, -0.1) is 0 Å². The molecule has 1 aromatic carbocycles. The van der Waals surface area contributed by atoms with Crippen LogP contribution in [0.25, 0.3) is 0 Å². The Labute approximate surface area is 84.6 Å². The third-order valence-electron chi connectivity index (χ3n) is 1.81. The molecule has 0 aromatic heterocycles. The molecule has 74 valence electrons. The van der Waals surface area contributed by atoms with Crippen LogP contribution in [0.4, 0.5) is 0 Å². The van der Waals surface area contributed by atoms with Crippen LogP contribution in [-0.2, 0) is 0 Å². The smallest absolute Gasteiger partial charge is 0.187 e. The van der Waals surface area contributed by atoms with E-state index in [-0.39, 0.29) is 5.78 Å². The van der Waals surface area contributed by atoms with Crippen molar-refractivity contribution in [1.29, 1.82) is 0 Å². The number of carbonyl (C=O) groups is 1. The molecule has 0 fully saturated rings. The lowest BCUT2D eigenvalue weighted by atomic mass is 10.1. The van der Waals surface area contributed by atoms with Crippen LogP contribution in [0.1, 0.15) is 23.7 Å². The summed E-state index contributed by atoms with van der Waals surface area (Å²) in [6.45, 7) is 2.98. The van der Waals surface area contributed by atoms with E-state index >= 15 is 0 Å². The molecule has 2 heteroatoms. The number of carbonyl (C=O) groups excluding carboxylic acids is 1. The quantitative estimate of drug-likeness (QED) is 0.438. The van der Waals surface area contributed by atoms with Crippen molar-refractivity contribution in [1.82, 2.24) is 5.32 Å². The van der Waals surface area contributed by atoms with Gasteiger partial charge in [-0.05, 0) is 6.42 Å². The maximum absolute atomic E-state index is 11.5. The van der Waals surface area contributed by atoms with Crippen molar-refractivity contribution in [3.8, 4) is 0 Å². The monoisotopic (exact) mass is 189 g/mol. The Kier molecular flexibility index (Phi) is 4.48. The SMILES string of the molecule is CCCN/C=C\C(=O)c1ccccc1. The topological polar surface area (TPSA) is 29.1 Å². The third-order valence-corrected chi connectivity index (χ3v) is 1.81. The number of benzene rings is 1. The van der Waals surface area contributed by atoms with Crippen LogP contribution in [0.2, 0.25) is 0 Å². The van der Waals surface area contributed by atoms with Crippen LogP contribution in [0.15, 0.2) is 42.6 Å². The summed E-state index contributed by atoms with van der Waals surface area (Å²) in [5.41, 5.74) is 0.724. The zero-order chi connectivity index (χ0) is 10.2. The van der Waals surface area contributed by atoms with Gasteiger partial charge in [0, 0.05) is 24.4 Å². The Morgan fingerprint density at radius 1 is 1.36 bits per heavy atom. The van der Waals surface area contributed by atoms with E-state index in [1.807, 2.05) is 30.3 Å². The lowest BCUT2D eigenvalue weighted by molar-refractivity contribution is 0.104. The Bertz CT molecular complexity index is 303. The lowest BCUT2D eigenvalue weighted by Crippen LogP contribution is -2.06. The van der Waals surface area contributed by atoms with E-state index in [9.17, 15) is 4.79 Å². The first kappa shape index (κ1) is 10.5. The molecule has 1 rings (SSSR count). The van der Waals surface area contributed by atoms with E-state index in [0.29, 0.717) is 0 Å². The molecule has 14 heavy (non-hydrogen) atoms. The van der Waals surface area contributed by atoms with Crippen LogP contribution in [0.3, 0.4) is 0 Å². The molecular formula is C12H15NO. The standard InChI is InChI=1S/C12H15NO/c1-2-9-13-10-8-12(14)11-6-4-3-5-7-11/h3-8,10,13H,2,9H2,1H3/b10-8-. The summed E-state index contributed by atoms with van der Waals surface area (Å²) in [4.78, 5) is 11.5. The predicted molar refractivity (Wildman–Crippen MR) is 58.2 cm³/mol. The zero-order valence-corrected chi connectivity index (χ0v) is 8.36. The van der Waals surface area contributed by atoms with Gasteiger partial charge < -0.3 is 5.32 Å². The maximum Gasteiger partial charge on any atom is 0.187 e. The van der Waals surface area contributed by atoms with Gasteiger partial charge in [0.1, 0.15) is 0 Å². The molecule has 0 bridgehead atoms. The van der Waals surface area contributed by atoms with Gasteiger partial charge in [-0.25, -0.2) is 0 Å². The Morgan fingerprint density at radius 3 is 2.71 bits per heavy atom. The first-order valence-electron chi connectivity index (χ1n) is 4.84. The second kappa shape index (κ2) is 5.97. The Morgan fingerprint density at radius 2 is 2.07 bits per heavy atom. The normalized spacial score (nSPS) is 10.4. The summed E-state index contributed by atoms with van der Waals surface area (Å²) < 4.78 is 0. The van der Waals surface area contributed by atoms with Gasteiger partial charge in [-0.2, -0.15) is 0 Å². The van der Waals surface area contributed by atoms with Crippen LogP contribution in [-0.4, -0.2) is 12.3 Å². The number of ketones is 1. The largest absolute Gasteiger partial charge is 0.391 e. The maximum atomic E-state index is 11.5. The summed E-state index contributed by atoms with van der Waals surface area (Å²) in [5, 5.41) is 3.03. The minimum absolute atomic E-state index is 0.0363. The highest BCUT2D eigenvalue weighted by molar-refractivity contribution is 6.04. The number of hydrogen-bond acceptors (Lipinski definition) is 2. The molecule has 0 aliphatic heterocycles. The molecule has 1 N–H and O–H groups in total. The van der Waals surface area contributed by atoms with Gasteiger partial charge in [0.05, 0.1) is 0 Å². The van der Waals surface area contributed by atoms with Crippen LogP contribution in [0.5, 0.6) is 0 Å². The van der Waals surface area contributed by atoms with Crippen LogP contribution < -0.4 is 5.32 Å². The summed E-state index contributed by atoms with van der Waals surface area (Å²) in [7, 11) is 0. The van der Waals surface area contributed by atoms with Crippen molar-refractivity contribution in [3.63, 3.8) is 0 Å². The molecule has 0 unspecified atom stereocenters. The Balaban J connectivity index is 2.47. The molecule has 0 amide bonds. The average molecular weight is 189 g/mol. The van der Waals surface area contributed by atoms with E-state index < -0.39 is 0 Å². The van der Waals surface area contributed by atoms with Gasteiger partial charge in [-0.3, -0.25) is 4.79 Å². The summed E-state index contributed by atoms with van der Waals surface area (Å²) in [5.74, 6) is 0.0363. The second-order valence-corrected chi connectivity index (χ2v) is 3.02. The Hall–Kier alpha value is -1.57. The van der Waals surface area contributed by atoms with Gasteiger partial charge in [0.25, 0.3) is 0 Å². The molecule has 0 aliphatic rings. The van der Waals surface area contributed by atoms with Gasteiger partial charge in [0.15, 0.2) is 5.78 Å². The molecule has 2 nitrogen and oxygen atoms in total. The molecule has 0 spiro atoms. The minimum Gasteiger partial charge on any atom is -0.391 e. The van der Waals surface area contributed by atoms with Crippen LogP contribution in [0, 0.1) is 0 Å². The van der Waals surface area contributed by atoms with Crippen molar-refractivity contribution < 1.29 is 4.79 Å². The summed E-state index contributed by atoms with van der Waals surface area (Å²) in [6.07, 6.45) is 4.33. The fraction of sp³-hybridized carbons (Fsp3) is 0.250. The predicted octanol–water partition coefficient (Wildman–Crippen LogP) is 2.38. The second-order valence-electron chi connectivity index (χ2n) is 3.02. The molecular weight excluding hydrogens is 174 g/mol. The third kappa shape index (κ3) is 3.44. The van der Waals surface area contributed by atoms with Crippen LogP contribution >= 0.6 is 0 Å². The lowest BCUT2D eigenvalue weighted by Gasteiger charge is -1.96. The fourth-order valence-electron chi connectivity index (χ4n) is 1.06. The molecule has 0 radical (unpaired) electrons. The minimum atomic E-state index is 0.0363. The van der Waals surface area contributed by atoms with Gasteiger partial charge in [0.2, 0.25) is 0 Å².